The van der Waals surface area contributed by atoms with Gasteiger partial charge >= 0.3 is 0 Å². The maximum absolute atomic E-state index is 10.5. The van der Waals surface area contributed by atoms with Crippen molar-refractivity contribution >= 4 is 51.4 Å². The van der Waals surface area contributed by atoms with Crippen LogP contribution < -0.4 is 5.73 Å². The molecule has 1 aliphatic heterocycles. The summed E-state index contributed by atoms with van der Waals surface area (Å²) in [6, 6.07) is 0. The van der Waals surface area contributed by atoms with E-state index in [9.17, 15) is 15.3 Å². The van der Waals surface area contributed by atoms with Crippen molar-refractivity contribution < 1.29 is 20.1 Å². The zero-order valence-electron chi connectivity index (χ0n) is 14.5. The molecule has 0 aromatic carbocycles. The minimum absolute atomic E-state index is 0.256. The molecule has 4 heterocycles. The molecule has 27 heavy (non-hydrogen) atoms. The number of aliphatic hydroxyl groups is 3. The largest absolute Gasteiger partial charge is 0.394 e. The Labute approximate surface area is 162 Å². The van der Waals surface area contributed by atoms with Crippen LogP contribution >= 0.6 is 23.5 Å². The van der Waals surface area contributed by atoms with Crippen molar-refractivity contribution in [3.8, 4) is 0 Å². The predicted molar refractivity (Wildman–Crippen MR) is 102 cm³/mol. The first-order valence-corrected chi connectivity index (χ1v) is 10.5. The number of ether oxygens (including phenoxy) is 1. The molecule has 0 bridgehead atoms. The Morgan fingerprint density at radius 1 is 1.11 bits per heavy atom. The normalized spacial score (nSPS) is 25.7. The van der Waals surface area contributed by atoms with Gasteiger partial charge in [-0.05, 0) is 12.5 Å². The zero-order chi connectivity index (χ0) is 19.3. The molecule has 1 fully saturated rings. The van der Waals surface area contributed by atoms with Crippen LogP contribution in [0.4, 0.5) is 5.82 Å². The number of aliphatic hydroxyl groups excluding tert-OH is 3. The lowest BCUT2D eigenvalue weighted by Crippen LogP contribution is -2.33. The molecule has 144 valence electrons. The second-order valence-corrected chi connectivity index (χ2v) is 7.54. The molecule has 0 saturated carbocycles. The number of aromatic nitrogens is 5. The fraction of sp³-hybridized carbons (Fsp3) is 0.467. The molecule has 0 amide bonds. The molecule has 4 rings (SSSR count). The summed E-state index contributed by atoms with van der Waals surface area (Å²) in [7, 11) is 0. The first kappa shape index (κ1) is 18.7. The summed E-state index contributed by atoms with van der Waals surface area (Å²) in [6.07, 6.45) is 0.636. The fourth-order valence-electron chi connectivity index (χ4n) is 3.29. The van der Waals surface area contributed by atoms with E-state index >= 15 is 0 Å². The highest BCUT2D eigenvalue weighted by molar-refractivity contribution is 7.99. The first-order valence-electron chi connectivity index (χ1n) is 8.04. The van der Waals surface area contributed by atoms with Crippen LogP contribution in [-0.2, 0) is 4.74 Å². The molecule has 0 spiro atoms. The van der Waals surface area contributed by atoms with Gasteiger partial charge in [-0.3, -0.25) is 4.57 Å². The van der Waals surface area contributed by atoms with Crippen molar-refractivity contribution in [3.05, 3.63) is 6.33 Å². The molecule has 12 heteroatoms. The number of thioether (sulfide) groups is 2. The highest BCUT2D eigenvalue weighted by Crippen LogP contribution is 2.40. The maximum Gasteiger partial charge on any atom is 0.190 e. The van der Waals surface area contributed by atoms with E-state index < -0.39 is 31.1 Å². The van der Waals surface area contributed by atoms with Gasteiger partial charge in [0.2, 0.25) is 0 Å². The minimum atomic E-state index is -1.28. The predicted octanol–water partition coefficient (Wildman–Crippen LogP) is 0.0120. The summed E-state index contributed by atoms with van der Waals surface area (Å²) in [5, 5.41) is 32.6. The van der Waals surface area contributed by atoms with E-state index in [2.05, 4.69) is 19.9 Å². The number of hydrogen-bond donors (Lipinski definition) is 4. The monoisotopic (exact) mass is 410 g/mol. The molecule has 4 atom stereocenters. The van der Waals surface area contributed by atoms with Gasteiger partial charge in [-0.25, -0.2) is 19.9 Å². The van der Waals surface area contributed by atoms with E-state index in [4.69, 9.17) is 10.5 Å². The van der Waals surface area contributed by atoms with Crippen molar-refractivity contribution in [2.75, 3.05) is 24.9 Å². The topological polar surface area (TPSA) is 152 Å². The number of nitrogens with two attached hydrogens (primary N) is 1. The molecule has 3 aromatic heterocycles. The molecule has 0 aliphatic carbocycles. The third-order valence-electron chi connectivity index (χ3n) is 4.55. The van der Waals surface area contributed by atoms with Crippen LogP contribution in [0, 0.1) is 0 Å². The summed E-state index contributed by atoms with van der Waals surface area (Å²) < 4.78 is 7.31. The Morgan fingerprint density at radius 3 is 2.52 bits per heavy atom. The van der Waals surface area contributed by atoms with Crippen LogP contribution in [0.5, 0.6) is 0 Å². The van der Waals surface area contributed by atoms with Gasteiger partial charge in [0.25, 0.3) is 0 Å². The Bertz CT molecular complexity index is 1020. The maximum atomic E-state index is 10.5. The van der Waals surface area contributed by atoms with Gasteiger partial charge in [0, 0.05) is 0 Å². The van der Waals surface area contributed by atoms with Gasteiger partial charge in [0.1, 0.15) is 46.8 Å². The van der Waals surface area contributed by atoms with Crippen molar-refractivity contribution in [1.29, 1.82) is 0 Å². The van der Waals surface area contributed by atoms with E-state index in [1.54, 1.807) is 4.57 Å². The van der Waals surface area contributed by atoms with E-state index in [0.717, 1.165) is 0 Å². The van der Waals surface area contributed by atoms with Crippen LogP contribution in [0.1, 0.15) is 6.23 Å². The fourth-order valence-corrected chi connectivity index (χ4v) is 4.28. The number of hydrogen-bond acceptors (Lipinski definition) is 11. The number of fused-ring (bicyclic) bond motifs is 3. The molecule has 5 N–H and O–H groups in total. The number of anilines is 1. The van der Waals surface area contributed by atoms with Crippen molar-refractivity contribution in [2.45, 2.75) is 34.7 Å². The third-order valence-corrected chi connectivity index (χ3v) is 5.78. The van der Waals surface area contributed by atoms with Crippen LogP contribution in [0.25, 0.3) is 22.1 Å². The molecule has 3 aromatic rings. The molecule has 1 saturated heterocycles. The summed E-state index contributed by atoms with van der Waals surface area (Å²) in [5.74, 6) is 0.256. The SMILES string of the molecule is CSc1nc(SC)c2c3c(N)ncnc3n(C3OC(CO)C(O)C3O)c2n1. The van der Waals surface area contributed by atoms with Crippen LogP contribution in [0.3, 0.4) is 0 Å². The van der Waals surface area contributed by atoms with E-state index in [-0.39, 0.29) is 5.82 Å². The summed E-state index contributed by atoms with van der Waals surface area (Å²) in [5.41, 5.74) is 7.00. The lowest BCUT2D eigenvalue weighted by molar-refractivity contribution is -0.0492. The third kappa shape index (κ3) is 2.75. The van der Waals surface area contributed by atoms with Gasteiger partial charge in [0.15, 0.2) is 11.4 Å². The molecular weight excluding hydrogens is 392 g/mol. The summed E-state index contributed by atoms with van der Waals surface area (Å²) >= 11 is 2.81. The summed E-state index contributed by atoms with van der Waals surface area (Å²) in [4.78, 5) is 17.5. The first-order chi connectivity index (χ1) is 13.0. The van der Waals surface area contributed by atoms with Crippen molar-refractivity contribution in [1.82, 2.24) is 24.5 Å². The summed E-state index contributed by atoms with van der Waals surface area (Å²) in [6.45, 7) is -0.426. The van der Waals surface area contributed by atoms with Gasteiger partial charge < -0.3 is 25.8 Å². The standard InChI is InChI=1S/C15H18N6O4S2/c1-26-13-7-6-10(16)17-4-18-11(6)21(12(7)19-15(20-13)27-2)14-9(24)8(23)5(3-22)25-14/h4-5,8-9,14,22-24H,3H2,1-2H3,(H2,16,17,18). The average Bonchev–Trinajstić information content (AvgIpc) is 3.16. The van der Waals surface area contributed by atoms with Gasteiger partial charge in [-0.1, -0.05) is 11.8 Å². The van der Waals surface area contributed by atoms with Gasteiger partial charge in [-0.2, -0.15) is 0 Å². The Kier molecular flexibility index (Phi) is 4.86. The van der Waals surface area contributed by atoms with Gasteiger partial charge in [0.05, 0.1) is 17.4 Å². The number of nitrogen functional groups attached to an aromatic ring is 1. The quantitative estimate of drug-likeness (QED) is 0.261. The number of rotatable bonds is 4. The van der Waals surface area contributed by atoms with E-state index in [0.29, 0.717) is 32.2 Å². The van der Waals surface area contributed by atoms with Gasteiger partial charge in [-0.15, -0.1) is 11.8 Å². The molecule has 1 aliphatic rings. The molecule has 0 radical (unpaired) electrons. The average molecular weight is 410 g/mol. The molecule has 10 nitrogen and oxygen atoms in total. The number of nitrogens with zero attached hydrogens (tertiary/aromatic N) is 5. The lowest BCUT2D eigenvalue weighted by Gasteiger charge is -2.18. The molecule has 4 unspecified atom stereocenters. The molecular formula is C15H18N6O4S2. The Balaban J connectivity index is 2.08. The van der Waals surface area contributed by atoms with Crippen molar-refractivity contribution in [3.63, 3.8) is 0 Å². The van der Waals surface area contributed by atoms with E-state index in [1.165, 1.54) is 29.9 Å². The second-order valence-electron chi connectivity index (χ2n) is 5.97. The Morgan fingerprint density at radius 2 is 1.89 bits per heavy atom. The minimum Gasteiger partial charge on any atom is -0.394 e. The van der Waals surface area contributed by atoms with Crippen LogP contribution in [-0.4, -0.2) is 77.3 Å². The lowest BCUT2D eigenvalue weighted by atomic mass is 10.1. The highest BCUT2D eigenvalue weighted by atomic mass is 32.2. The van der Waals surface area contributed by atoms with Crippen molar-refractivity contribution in [2.24, 2.45) is 0 Å². The van der Waals surface area contributed by atoms with Crippen LogP contribution in [0.2, 0.25) is 0 Å². The second kappa shape index (κ2) is 7.04. The van der Waals surface area contributed by atoms with Crippen LogP contribution in [0.15, 0.2) is 16.5 Å². The zero-order valence-corrected chi connectivity index (χ0v) is 16.1. The Hall–Kier alpha value is -1.70. The smallest absolute Gasteiger partial charge is 0.190 e. The van der Waals surface area contributed by atoms with E-state index in [1.807, 2.05) is 12.5 Å². The highest BCUT2D eigenvalue weighted by Gasteiger charge is 2.45.